The third kappa shape index (κ3) is 4.08. The van der Waals surface area contributed by atoms with Gasteiger partial charge in [0, 0.05) is 43.5 Å². The molecule has 6 heteroatoms. The first kappa shape index (κ1) is 22.5. The number of sulfonamides is 1. The molecule has 2 aromatic carbocycles. The molecular formula is C27H35N3O2S. The van der Waals surface area contributed by atoms with Gasteiger partial charge >= 0.3 is 0 Å². The Bertz CT molecular complexity index is 1120. The highest BCUT2D eigenvalue weighted by Crippen LogP contribution is 2.50. The molecule has 0 saturated carbocycles. The van der Waals surface area contributed by atoms with Gasteiger partial charge in [-0.1, -0.05) is 30.7 Å². The highest BCUT2D eigenvalue weighted by Gasteiger charge is 2.39. The van der Waals surface area contributed by atoms with E-state index in [2.05, 4.69) is 60.5 Å². The second-order valence-corrected chi connectivity index (χ2v) is 11.4. The fourth-order valence-electron chi connectivity index (χ4n) is 5.80. The lowest BCUT2D eigenvalue weighted by Gasteiger charge is -2.38. The number of fused-ring (bicyclic) bond motifs is 3. The van der Waals surface area contributed by atoms with Crippen LogP contribution in [-0.4, -0.2) is 38.9 Å². The van der Waals surface area contributed by atoms with Crippen molar-refractivity contribution in [1.82, 2.24) is 4.31 Å². The molecule has 0 spiro atoms. The fraction of sp³-hybridized carbons (Fsp3) is 0.481. The third-order valence-corrected chi connectivity index (χ3v) is 9.56. The van der Waals surface area contributed by atoms with Gasteiger partial charge in [-0.2, -0.15) is 4.31 Å². The molecule has 0 bridgehead atoms. The Hall–Kier alpha value is -2.31. The van der Waals surface area contributed by atoms with E-state index in [9.17, 15) is 8.42 Å². The summed E-state index contributed by atoms with van der Waals surface area (Å²) in [7, 11) is -3.43. The number of hydrogen-bond acceptors (Lipinski definition) is 4. The minimum Gasteiger partial charge on any atom is -0.378 e. The number of nitrogens with zero attached hydrogens (tertiary/aromatic N) is 2. The number of rotatable bonds is 6. The molecule has 176 valence electrons. The van der Waals surface area contributed by atoms with Crippen LogP contribution in [0.4, 0.5) is 11.4 Å². The summed E-state index contributed by atoms with van der Waals surface area (Å²) in [5.41, 5.74) is 4.72. The van der Waals surface area contributed by atoms with E-state index in [1.165, 1.54) is 11.3 Å². The van der Waals surface area contributed by atoms with Crippen LogP contribution < -0.4 is 10.2 Å². The summed E-state index contributed by atoms with van der Waals surface area (Å²) in [6.45, 7) is 7.64. The molecule has 0 amide bonds. The molecule has 1 saturated heterocycles. The minimum absolute atomic E-state index is 0.216. The van der Waals surface area contributed by atoms with E-state index in [0.29, 0.717) is 23.9 Å². The van der Waals surface area contributed by atoms with Crippen LogP contribution in [0, 0.1) is 5.92 Å². The van der Waals surface area contributed by atoms with E-state index in [4.69, 9.17) is 0 Å². The van der Waals surface area contributed by atoms with Crippen molar-refractivity contribution in [3.63, 3.8) is 0 Å². The van der Waals surface area contributed by atoms with Crippen LogP contribution in [-0.2, 0) is 10.0 Å². The van der Waals surface area contributed by atoms with E-state index in [0.717, 1.165) is 50.0 Å². The topological polar surface area (TPSA) is 52.7 Å². The maximum Gasteiger partial charge on any atom is 0.243 e. The van der Waals surface area contributed by atoms with E-state index < -0.39 is 10.0 Å². The maximum atomic E-state index is 13.3. The standard InChI is InChI=1S/C27H35N3O2S/c1-3-29(4-2)21-13-11-20(12-14-21)27-24-10-8-9-23(24)25-19-22(15-16-26(25)28-27)33(31,32)30-17-6-5-7-18-30/h8-9,11-16,19,23-24,27-28H,3-7,10,17-18H2,1-2H3. The van der Waals surface area contributed by atoms with Crippen LogP contribution in [0.2, 0.25) is 0 Å². The first-order valence-electron chi connectivity index (χ1n) is 12.4. The van der Waals surface area contributed by atoms with Gasteiger partial charge in [-0.3, -0.25) is 0 Å². The number of hydrogen-bond donors (Lipinski definition) is 1. The first-order chi connectivity index (χ1) is 16.0. The van der Waals surface area contributed by atoms with Crippen LogP contribution in [0.25, 0.3) is 0 Å². The summed E-state index contributed by atoms with van der Waals surface area (Å²) in [5.74, 6) is 0.634. The quantitative estimate of drug-likeness (QED) is 0.570. The number of nitrogens with one attached hydrogen (secondary N) is 1. The Balaban J connectivity index is 1.44. The summed E-state index contributed by atoms with van der Waals surface area (Å²) in [6.07, 6.45) is 8.56. The van der Waals surface area contributed by atoms with Crippen molar-refractivity contribution in [1.29, 1.82) is 0 Å². The molecule has 3 aliphatic rings. The van der Waals surface area contributed by atoms with Gasteiger partial charge in [0.1, 0.15) is 0 Å². The molecule has 2 aliphatic heterocycles. The van der Waals surface area contributed by atoms with E-state index in [1.807, 2.05) is 12.1 Å². The molecule has 1 fully saturated rings. The lowest BCUT2D eigenvalue weighted by Crippen LogP contribution is -2.36. The van der Waals surface area contributed by atoms with Crippen molar-refractivity contribution in [2.24, 2.45) is 5.92 Å². The van der Waals surface area contributed by atoms with Crippen molar-refractivity contribution in [2.75, 3.05) is 36.4 Å². The second-order valence-electron chi connectivity index (χ2n) is 9.45. The Kier molecular flexibility index (Phi) is 6.23. The van der Waals surface area contributed by atoms with Crippen molar-refractivity contribution < 1.29 is 8.42 Å². The van der Waals surface area contributed by atoms with Crippen molar-refractivity contribution in [2.45, 2.75) is 56.4 Å². The average Bonchev–Trinajstić information content (AvgIpc) is 3.35. The van der Waals surface area contributed by atoms with Gasteiger partial charge in [0.2, 0.25) is 10.0 Å². The smallest absolute Gasteiger partial charge is 0.243 e. The van der Waals surface area contributed by atoms with Gasteiger partial charge in [-0.05, 0) is 80.5 Å². The Morgan fingerprint density at radius 2 is 1.73 bits per heavy atom. The van der Waals surface area contributed by atoms with E-state index >= 15 is 0 Å². The van der Waals surface area contributed by atoms with Crippen LogP contribution in [0.1, 0.15) is 62.6 Å². The molecule has 3 unspecified atom stereocenters. The zero-order chi connectivity index (χ0) is 23.0. The van der Waals surface area contributed by atoms with Gasteiger partial charge < -0.3 is 10.2 Å². The fourth-order valence-corrected chi connectivity index (χ4v) is 7.35. The molecule has 0 aromatic heterocycles. The van der Waals surface area contributed by atoms with Crippen molar-refractivity contribution >= 4 is 21.4 Å². The molecule has 0 radical (unpaired) electrons. The largest absolute Gasteiger partial charge is 0.378 e. The summed E-state index contributed by atoms with van der Waals surface area (Å²) in [4.78, 5) is 2.79. The molecule has 5 nitrogen and oxygen atoms in total. The minimum atomic E-state index is -3.43. The van der Waals surface area contributed by atoms with Gasteiger partial charge in [-0.25, -0.2) is 8.42 Å². The second kappa shape index (κ2) is 9.15. The lowest BCUT2D eigenvalue weighted by atomic mass is 9.77. The third-order valence-electron chi connectivity index (χ3n) is 7.67. The van der Waals surface area contributed by atoms with Crippen molar-refractivity contribution in [3.05, 3.63) is 65.7 Å². The summed E-state index contributed by atoms with van der Waals surface area (Å²) < 4.78 is 28.2. The number of allylic oxidation sites excluding steroid dienone is 2. The zero-order valence-corrected chi connectivity index (χ0v) is 20.5. The summed E-state index contributed by atoms with van der Waals surface area (Å²) in [5, 5.41) is 3.76. The van der Waals surface area contributed by atoms with E-state index in [1.54, 1.807) is 10.4 Å². The van der Waals surface area contributed by atoms with E-state index in [-0.39, 0.29) is 12.0 Å². The van der Waals surface area contributed by atoms with Gasteiger partial charge in [-0.15, -0.1) is 0 Å². The Morgan fingerprint density at radius 3 is 2.42 bits per heavy atom. The molecule has 2 aromatic rings. The van der Waals surface area contributed by atoms with Gasteiger partial charge in [0.15, 0.2) is 0 Å². The molecular weight excluding hydrogens is 430 g/mol. The zero-order valence-electron chi connectivity index (χ0n) is 19.7. The predicted molar refractivity (Wildman–Crippen MR) is 135 cm³/mol. The van der Waals surface area contributed by atoms with Crippen molar-refractivity contribution in [3.8, 4) is 0 Å². The van der Waals surface area contributed by atoms with Gasteiger partial charge in [0.05, 0.1) is 10.9 Å². The van der Waals surface area contributed by atoms with Crippen LogP contribution >= 0.6 is 0 Å². The van der Waals surface area contributed by atoms with Crippen LogP contribution in [0.15, 0.2) is 59.5 Å². The molecule has 3 atom stereocenters. The normalized spacial score (nSPS) is 24.7. The first-order valence-corrected chi connectivity index (χ1v) is 13.9. The summed E-state index contributed by atoms with van der Waals surface area (Å²) in [6, 6.07) is 14.9. The lowest BCUT2D eigenvalue weighted by molar-refractivity contribution is 0.346. The average molecular weight is 466 g/mol. The monoisotopic (exact) mass is 465 g/mol. The molecule has 33 heavy (non-hydrogen) atoms. The number of anilines is 2. The molecule has 1 aliphatic carbocycles. The Labute approximate surface area is 198 Å². The van der Waals surface area contributed by atoms with Gasteiger partial charge in [0.25, 0.3) is 0 Å². The highest BCUT2D eigenvalue weighted by molar-refractivity contribution is 7.89. The Morgan fingerprint density at radius 1 is 1.00 bits per heavy atom. The number of benzene rings is 2. The summed E-state index contributed by atoms with van der Waals surface area (Å²) >= 11 is 0. The van der Waals surface area contributed by atoms with Crippen LogP contribution in [0.3, 0.4) is 0 Å². The molecule has 5 rings (SSSR count). The molecule has 2 heterocycles. The molecule has 1 N–H and O–H groups in total. The SMILES string of the molecule is CCN(CC)c1ccc(C2Nc3ccc(S(=O)(=O)N4CCCCC4)cc3C3C=CCC32)cc1. The predicted octanol–water partition coefficient (Wildman–Crippen LogP) is 5.53. The van der Waals surface area contributed by atoms with Crippen LogP contribution in [0.5, 0.6) is 0 Å². The maximum absolute atomic E-state index is 13.3. The number of piperidine rings is 1. The highest BCUT2D eigenvalue weighted by atomic mass is 32.2.